The van der Waals surface area contributed by atoms with E-state index in [4.69, 9.17) is 35.4 Å². The molecule has 0 aliphatic heterocycles. The first kappa shape index (κ1) is 11.7. The molecule has 2 nitrogen and oxygen atoms in total. The Morgan fingerprint density at radius 1 is 1.43 bits per heavy atom. The smallest absolute Gasteiger partial charge is 0.267 e. The summed E-state index contributed by atoms with van der Waals surface area (Å²) in [5.41, 5.74) is 4.74. The first-order chi connectivity index (χ1) is 6.50. The summed E-state index contributed by atoms with van der Waals surface area (Å²) in [7, 11) is 1.89. The standard InChI is InChI=1S/C9H10Cl2N2S/c1-13(9(12)14)5-6-2-3-7(10)8(11)4-6/h2-4H,5H2,1H3,(H2,12,14)/p+1. The number of benzene rings is 1. The lowest BCUT2D eigenvalue weighted by Gasteiger charge is -2.13. The van der Waals surface area contributed by atoms with Gasteiger partial charge < -0.3 is 10.6 Å². The van der Waals surface area contributed by atoms with Crippen LogP contribution < -0.4 is 5.73 Å². The summed E-state index contributed by atoms with van der Waals surface area (Å²) in [5.74, 6) is 0. The molecule has 0 fully saturated rings. The van der Waals surface area contributed by atoms with Crippen molar-refractivity contribution in [2.75, 3.05) is 7.05 Å². The number of hydrogen-bond donors (Lipinski definition) is 1. The summed E-state index contributed by atoms with van der Waals surface area (Å²) in [6, 6.07) is 5.53. The fourth-order valence-corrected chi connectivity index (χ4v) is 1.39. The van der Waals surface area contributed by atoms with Gasteiger partial charge in [0.05, 0.1) is 10.0 Å². The van der Waals surface area contributed by atoms with Crippen molar-refractivity contribution in [3.63, 3.8) is 0 Å². The Labute approximate surface area is 98.6 Å². The third-order valence-electron chi connectivity index (χ3n) is 1.83. The van der Waals surface area contributed by atoms with Crippen LogP contribution in [0.4, 0.5) is 0 Å². The topological polar surface area (TPSA) is 30.9 Å². The van der Waals surface area contributed by atoms with Crippen molar-refractivity contribution in [3.8, 4) is 0 Å². The van der Waals surface area contributed by atoms with E-state index in [9.17, 15) is 0 Å². The summed E-state index contributed by atoms with van der Waals surface area (Å²) in [5, 5.41) is 1.74. The van der Waals surface area contributed by atoms with Gasteiger partial charge in [-0.15, -0.1) is 0 Å². The van der Waals surface area contributed by atoms with Crippen molar-refractivity contribution in [3.05, 3.63) is 33.8 Å². The molecule has 1 rings (SSSR count). The maximum absolute atomic E-state index is 5.88. The summed E-state index contributed by atoms with van der Waals surface area (Å²) in [6.45, 7) is 0.694. The van der Waals surface area contributed by atoms with Gasteiger partial charge in [0.1, 0.15) is 0 Å². The maximum Gasteiger partial charge on any atom is 0.267 e. The molecule has 0 amide bonds. The van der Waals surface area contributed by atoms with Gasteiger partial charge in [-0.3, -0.25) is 0 Å². The molecule has 0 aliphatic rings. The highest BCUT2D eigenvalue weighted by molar-refractivity contribution is 7.79. The number of halogens is 2. The van der Waals surface area contributed by atoms with Gasteiger partial charge in [-0.05, 0) is 17.7 Å². The highest BCUT2D eigenvalue weighted by atomic mass is 35.5. The molecule has 76 valence electrons. The number of nitrogens with zero attached hydrogens (tertiary/aromatic N) is 1. The predicted molar refractivity (Wildman–Crippen MR) is 63.4 cm³/mol. The number of thiocarbonyl (C=S) groups is 1. The van der Waals surface area contributed by atoms with Crippen molar-refractivity contribution < 1.29 is 5.73 Å². The zero-order valence-corrected chi connectivity index (χ0v) is 10.1. The van der Waals surface area contributed by atoms with Gasteiger partial charge in [0.15, 0.2) is 0 Å². The highest BCUT2D eigenvalue weighted by Gasteiger charge is 2.05. The Balaban J connectivity index is 2.78. The van der Waals surface area contributed by atoms with Crippen molar-refractivity contribution in [1.29, 1.82) is 0 Å². The van der Waals surface area contributed by atoms with Gasteiger partial charge in [0.25, 0.3) is 5.11 Å². The first-order valence-electron chi connectivity index (χ1n) is 4.01. The van der Waals surface area contributed by atoms with Crippen molar-refractivity contribution in [1.82, 2.24) is 4.90 Å². The van der Waals surface area contributed by atoms with Gasteiger partial charge in [0, 0.05) is 25.8 Å². The summed E-state index contributed by atoms with van der Waals surface area (Å²) >= 11 is 16.6. The third kappa shape index (κ3) is 3.10. The fraction of sp³-hybridized carbons (Fsp3) is 0.222. The molecule has 0 unspecified atom stereocenters. The largest absolute Gasteiger partial charge is 0.317 e. The molecule has 3 N–H and O–H groups in total. The van der Waals surface area contributed by atoms with Crippen LogP contribution in [0.1, 0.15) is 5.56 Å². The zero-order valence-electron chi connectivity index (χ0n) is 7.76. The Kier molecular flexibility index (Phi) is 4.13. The number of quaternary nitrogens is 1. The highest BCUT2D eigenvalue weighted by Crippen LogP contribution is 2.22. The van der Waals surface area contributed by atoms with Gasteiger partial charge in [-0.25, -0.2) is 0 Å². The lowest BCUT2D eigenvalue weighted by Crippen LogP contribution is -2.62. The van der Waals surface area contributed by atoms with Gasteiger partial charge in [0.2, 0.25) is 0 Å². The Morgan fingerprint density at radius 3 is 2.57 bits per heavy atom. The quantitative estimate of drug-likeness (QED) is 0.813. The van der Waals surface area contributed by atoms with Crippen LogP contribution in [0.3, 0.4) is 0 Å². The molecular formula is C9H11Cl2N2S+. The fourth-order valence-electron chi connectivity index (χ4n) is 1.00. The summed E-state index contributed by atoms with van der Waals surface area (Å²) in [6.07, 6.45) is 0. The SMILES string of the molecule is CN(Cc1ccc(Cl)c(Cl)c1)C([NH3+])=S. The van der Waals surface area contributed by atoms with Gasteiger partial charge >= 0.3 is 0 Å². The van der Waals surface area contributed by atoms with E-state index in [0.717, 1.165) is 5.56 Å². The van der Waals surface area contributed by atoms with Crippen LogP contribution in [0, 0.1) is 0 Å². The molecule has 5 heteroatoms. The van der Waals surface area contributed by atoms with E-state index in [0.29, 0.717) is 21.7 Å². The molecule has 1 aromatic carbocycles. The lowest BCUT2D eigenvalue weighted by atomic mass is 10.2. The van der Waals surface area contributed by atoms with E-state index in [1.807, 2.05) is 24.1 Å². The first-order valence-corrected chi connectivity index (χ1v) is 5.18. The van der Waals surface area contributed by atoms with E-state index in [2.05, 4.69) is 5.73 Å². The molecule has 14 heavy (non-hydrogen) atoms. The molecule has 0 aliphatic carbocycles. The van der Waals surface area contributed by atoms with Crippen LogP contribution in [-0.4, -0.2) is 17.1 Å². The predicted octanol–water partition coefficient (Wildman–Crippen LogP) is 1.95. The van der Waals surface area contributed by atoms with Crippen LogP contribution >= 0.6 is 35.4 Å². The second-order valence-corrected chi connectivity index (χ2v) is 4.28. The van der Waals surface area contributed by atoms with Gasteiger partial charge in [-0.2, -0.15) is 0 Å². The number of hydrogen-bond acceptors (Lipinski definition) is 1. The normalized spacial score (nSPS) is 10.0. The second-order valence-electron chi connectivity index (χ2n) is 3.00. The summed E-state index contributed by atoms with van der Waals surface area (Å²) in [4.78, 5) is 1.87. The Hall–Kier alpha value is -0.350. The maximum atomic E-state index is 5.88. The van der Waals surface area contributed by atoms with Gasteiger partial charge in [-0.1, -0.05) is 29.3 Å². The molecule has 0 spiro atoms. The van der Waals surface area contributed by atoms with E-state index in [-0.39, 0.29) is 0 Å². The van der Waals surface area contributed by atoms with Crippen LogP contribution in [0.25, 0.3) is 0 Å². The molecule has 1 aromatic rings. The molecule has 0 saturated heterocycles. The Bertz CT molecular complexity index is 355. The van der Waals surface area contributed by atoms with E-state index in [1.165, 1.54) is 0 Å². The van der Waals surface area contributed by atoms with Crippen molar-refractivity contribution >= 4 is 40.5 Å². The van der Waals surface area contributed by atoms with E-state index >= 15 is 0 Å². The Morgan fingerprint density at radius 2 is 2.07 bits per heavy atom. The molecule has 0 saturated carbocycles. The molecular weight excluding hydrogens is 239 g/mol. The van der Waals surface area contributed by atoms with E-state index < -0.39 is 0 Å². The van der Waals surface area contributed by atoms with Crippen LogP contribution in [0.5, 0.6) is 0 Å². The van der Waals surface area contributed by atoms with Crippen LogP contribution in [0.2, 0.25) is 10.0 Å². The zero-order chi connectivity index (χ0) is 10.7. The average molecular weight is 250 g/mol. The molecule has 0 radical (unpaired) electrons. The minimum atomic E-state index is 0.563. The van der Waals surface area contributed by atoms with Crippen LogP contribution in [0.15, 0.2) is 18.2 Å². The average Bonchev–Trinajstić information content (AvgIpc) is 2.11. The second kappa shape index (κ2) is 4.94. The third-order valence-corrected chi connectivity index (χ3v) is 2.88. The monoisotopic (exact) mass is 249 g/mol. The minimum absolute atomic E-state index is 0.563. The molecule has 0 aromatic heterocycles. The van der Waals surface area contributed by atoms with Crippen molar-refractivity contribution in [2.45, 2.75) is 6.54 Å². The van der Waals surface area contributed by atoms with Crippen LogP contribution in [-0.2, 0) is 6.54 Å². The molecule has 0 bridgehead atoms. The lowest BCUT2D eigenvalue weighted by molar-refractivity contribution is -0.227. The molecule has 0 atom stereocenters. The minimum Gasteiger partial charge on any atom is -0.317 e. The van der Waals surface area contributed by atoms with E-state index in [1.54, 1.807) is 6.07 Å². The van der Waals surface area contributed by atoms with Crippen molar-refractivity contribution in [2.24, 2.45) is 0 Å². The molecule has 0 heterocycles. The number of rotatable bonds is 2. The summed E-state index contributed by atoms with van der Waals surface area (Å²) < 4.78 is 0.